The predicted octanol–water partition coefficient (Wildman–Crippen LogP) is 2.83. The molecule has 7 nitrogen and oxygen atoms in total. The smallest absolute Gasteiger partial charge is 0.226 e. The van der Waals surface area contributed by atoms with Crippen LogP contribution in [0.4, 0.5) is 0 Å². The maximum Gasteiger partial charge on any atom is 0.226 e. The quantitative estimate of drug-likeness (QED) is 0.253. The van der Waals surface area contributed by atoms with E-state index in [9.17, 15) is 0 Å². The van der Waals surface area contributed by atoms with Gasteiger partial charge in [0.2, 0.25) is 5.89 Å². The number of ether oxygens (including phenoxy) is 1. The van der Waals surface area contributed by atoms with Crippen molar-refractivity contribution in [3.05, 3.63) is 11.7 Å². The summed E-state index contributed by atoms with van der Waals surface area (Å²) in [6.07, 6.45) is 9.67. The summed E-state index contributed by atoms with van der Waals surface area (Å²) in [5, 5.41) is 10.4. The number of aliphatic imine (C=N–C) groups is 1. The highest BCUT2D eigenvalue weighted by Gasteiger charge is 2.12. The van der Waals surface area contributed by atoms with E-state index >= 15 is 0 Å². The number of halogens is 1. The Kier molecular flexibility index (Phi) is 11.8. The van der Waals surface area contributed by atoms with E-state index in [4.69, 9.17) is 9.26 Å². The first-order valence-corrected chi connectivity index (χ1v) is 9.13. The number of aromatic nitrogens is 2. The average Bonchev–Trinajstić information content (AvgIpc) is 3.02. The van der Waals surface area contributed by atoms with Crippen LogP contribution in [-0.2, 0) is 11.2 Å². The van der Waals surface area contributed by atoms with E-state index in [2.05, 4.69) is 25.8 Å². The summed E-state index contributed by atoms with van der Waals surface area (Å²) in [5.41, 5.74) is 0. The zero-order chi connectivity index (χ0) is 17.0. The molecule has 0 spiro atoms. The van der Waals surface area contributed by atoms with Crippen molar-refractivity contribution in [3.8, 4) is 0 Å². The van der Waals surface area contributed by atoms with Crippen LogP contribution in [0.5, 0.6) is 0 Å². The molecule has 1 fully saturated rings. The number of guanidine groups is 1. The van der Waals surface area contributed by atoms with Crippen LogP contribution in [0.3, 0.4) is 0 Å². The van der Waals surface area contributed by atoms with Gasteiger partial charge in [0.05, 0.1) is 6.10 Å². The first-order chi connectivity index (χ1) is 11.8. The van der Waals surface area contributed by atoms with Crippen molar-refractivity contribution in [3.63, 3.8) is 0 Å². The standard InChI is InChI=1S/C17H31N5O2.HI/c1-14-21-16(24-22-14)10-6-11-19-17(18-2)20-12-7-13-23-15-8-4-3-5-9-15;/h15H,3-13H2,1-2H3,(H2,18,19,20);1H. The summed E-state index contributed by atoms with van der Waals surface area (Å²) in [7, 11) is 1.79. The van der Waals surface area contributed by atoms with Gasteiger partial charge in [0.15, 0.2) is 11.8 Å². The molecule has 2 rings (SSSR count). The highest BCUT2D eigenvalue weighted by Crippen LogP contribution is 2.20. The van der Waals surface area contributed by atoms with E-state index < -0.39 is 0 Å². The van der Waals surface area contributed by atoms with E-state index in [-0.39, 0.29) is 24.0 Å². The van der Waals surface area contributed by atoms with Gasteiger partial charge in [0, 0.05) is 33.2 Å². The molecule has 1 aliphatic carbocycles. The van der Waals surface area contributed by atoms with Gasteiger partial charge in [-0.15, -0.1) is 24.0 Å². The Morgan fingerprint density at radius 3 is 2.56 bits per heavy atom. The van der Waals surface area contributed by atoms with E-state index in [1.165, 1.54) is 32.1 Å². The van der Waals surface area contributed by atoms with Crippen molar-refractivity contribution in [1.29, 1.82) is 0 Å². The topological polar surface area (TPSA) is 84.6 Å². The molecule has 144 valence electrons. The first kappa shape index (κ1) is 22.1. The third kappa shape index (κ3) is 9.39. The highest BCUT2D eigenvalue weighted by molar-refractivity contribution is 14.0. The molecule has 1 aliphatic rings. The normalized spacial score (nSPS) is 15.7. The summed E-state index contributed by atoms with van der Waals surface area (Å²) < 4.78 is 11.0. The Morgan fingerprint density at radius 2 is 1.92 bits per heavy atom. The number of nitrogens with one attached hydrogen (secondary N) is 2. The first-order valence-electron chi connectivity index (χ1n) is 9.13. The molecule has 1 aromatic heterocycles. The van der Waals surface area contributed by atoms with Crippen molar-refractivity contribution in [2.75, 3.05) is 26.7 Å². The van der Waals surface area contributed by atoms with Gasteiger partial charge in [-0.2, -0.15) is 4.98 Å². The van der Waals surface area contributed by atoms with Crippen LogP contribution in [0.15, 0.2) is 9.52 Å². The SMILES string of the molecule is CN=C(NCCCOC1CCCCC1)NCCCc1nc(C)no1.I. The van der Waals surface area contributed by atoms with E-state index in [0.717, 1.165) is 44.9 Å². The van der Waals surface area contributed by atoms with Crippen LogP contribution in [0.1, 0.15) is 56.7 Å². The molecule has 0 aliphatic heterocycles. The minimum atomic E-state index is 0. The van der Waals surface area contributed by atoms with Crippen LogP contribution in [-0.4, -0.2) is 48.9 Å². The van der Waals surface area contributed by atoms with Crippen LogP contribution in [0.2, 0.25) is 0 Å². The third-order valence-electron chi connectivity index (χ3n) is 4.17. The molecule has 0 unspecified atom stereocenters. The Morgan fingerprint density at radius 1 is 1.20 bits per heavy atom. The second-order valence-corrected chi connectivity index (χ2v) is 6.25. The fourth-order valence-electron chi connectivity index (χ4n) is 2.87. The van der Waals surface area contributed by atoms with Crippen molar-refractivity contribution in [2.45, 2.75) is 64.4 Å². The Bertz CT molecular complexity index is 489. The Balaban J connectivity index is 0.00000312. The molecule has 0 bridgehead atoms. The Labute approximate surface area is 167 Å². The van der Waals surface area contributed by atoms with Gasteiger partial charge in [0.1, 0.15) is 0 Å². The molecule has 0 radical (unpaired) electrons. The second kappa shape index (κ2) is 13.3. The lowest BCUT2D eigenvalue weighted by Gasteiger charge is -2.22. The minimum Gasteiger partial charge on any atom is -0.378 e. The summed E-state index contributed by atoms with van der Waals surface area (Å²) >= 11 is 0. The van der Waals surface area contributed by atoms with Gasteiger partial charge in [0.25, 0.3) is 0 Å². The predicted molar refractivity (Wildman–Crippen MR) is 110 cm³/mol. The number of rotatable bonds is 9. The van der Waals surface area contributed by atoms with Gasteiger partial charge in [-0.25, -0.2) is 0 Å². The van der Waals surface area contributed by atoms with Gasteiger partial charge in [-0.3, -0.25) is 4.99 Å². The maximum atomic E-state index is 5.92. The number of aryl methyl sites for hydroxylation is 2. The molecule has 25 heavy (non-hydrogen) atoms. The molecule has 0 aromatic carbocycles. The lowest BCUT2D eigenvalue weighted by molar-refractivity contribution is 0.0277. The van der Waals surface area contributed by atoms with Crippen molar-refractivity contribution < 1.29 is 9.26 Å². The molecule has 8 heteroatoms. The molecule has 0 saturated heterocycles. The molecule has 0 amide bonds. The summed E-state index contributed by atoms with van der Waals surface area (Å²) in [5.74, 6) is 2.21. The van der Waals surface area contributed by atoms with Crippen molar-refractivity contribution >= 4 is 29.9 Å². The third-order valence-corrected chi connectivity index (χ3v) is 4.17. The molecule has 1 heterocycles. The molecule has 0 atom stereocenters. The number of hydrogen-bond donors (Lipinski definition) is 2. The Hall–Kier alpha value is -0.900. The fourth-order valence-corrected chi connectivity index (χ4v) is 2.87. The van der Waals surface area contributed by atoms with Gasteiger partial charge in [-0.1, -0.05) is 24.4 Å². The second-order valence-electron chi connectivity index (χ2n) is 6.25. The summed E-state index contributed by atoms with van der Waals surface area (Å²) in [6, 6.07) is 0. The van der Waals surface area contributed by atoms with Crippen molar-refractivity contribution in [1.82, 2.24) is 20.8 Å². The molecular weight excluding hydrogens is 433 g/mol. The van der Waals surface area contributed by atoms with Crippen LogP contribution in [0.25, 0.3) is 0 Å². The minimum absolute atomic E-state index is 0. The van der Waals surface area contributed by atoms with E-state index in [0.29, 0.717) is 17.8 Å². The number of hydrogen-bond acceptors (Lipinski definition) is 5. The lowest BCUT2D eigenvalue weighted by atomic mass is 9.98. The monoisotopic (exact) mass is 465 g/mol. The zero-order valence-electron chi connectivity index (χ0n) is 15.4. The molecule has 2 N–H and O–H groups in total. The van der Waals surface area contributed by atoms with Gasteiger partial charge < -0.3 is 19.9 Å². The molecular formula is C17H32IN5O2. The van der Waals surface area contributed by atoms with Crippen LogP contribution >= 0.6 is 24.0 Å². The number of nitrogens with zero attached hydrogens (tertiary/aromatic N) is 3. The van der Waals surface area contributed by atoms with Crippen LogP contribution in [0, 0.1) is 6.92 Å². The fraction of sp³-hybridized carbons (Fsp3) is 0.824. The molecule has 1 saturated carbocycles. The van der Waals surface area contributed by atoms with Gasteiger partial charge >= 0.3 is 0 Å². The largest absolute Gasteiger partial charge is 0.378 e. The van der Waals surface area contributed by atoms with Gasteiger partial charge in [-0.05, 0) is 32.6 Å². The maximum absolute atomic E-state index is 5.92. The average molecular weight is 465 g/mol. The summed E-state index contributed by atoms with van der Waals surface area (Å²) in [6.45, 7) is 4.34. The van der Waals surface area contributed by atoms with Crippen LogP contribution < -0.4 is 10.6 Å². The van der Waals surface area contributed by atoms with E-state index in [1.807, 2.05) is 6.92 Å². The lowest BCUT2D eigenvalue weighted by Crippen LogP contribution is -2.38. The highest BCUT2D eigenvalue weighted by atomic mass is 127. The van der Waals surface area contributed by atoms with Crippen molar-refractivity contribution in [2.24, 2.45) is 4.99 Å². The zero-order valence-corrected chi connectivity index (χ0v) is 17.8. The molecule has 1 aromatic rings. The summed E-state index contributed by atoms with van der Waals surface area (Å²) in [4.78, 5) is 8.42. The van der Waals surface area contributed by atoms with E-state index in [1.54, 1.807) is 7.05 Å².